The van der Waals surface area contributed by atoms with Crippen LogP contribution in [0.3, 0.4) is 0 Å². The van der Waals surface area contributed by atoms with Gasteiger partial charge in [-0.1, -0.05) is 30.4 Å². The normalized spacial score (nSPS) is 8.67. The van der Waals surface area contributed by atoms with E-state index in [9.17, 15) is 0 Å². The van der Waals surface area contributed by atoms with E-state index >= 15 is 0 Å². The van der Waals surface area contributed by atoms with E-state index in [1.807, 2.05) is 36.5 Å². The quantitative estimate of drug-likeness (QED) is 0.373. The van der Waals surface area contributed by atoms with Gasteiger partial charge in [-0.3, -0.25) is 0 Å². The van der Waals surface area contributed by atoms with Crippen LogP contribution in [0, 0.1) is 11.5 Å². The van der Waals surface area contributed by atoms with Crippen molar-refractivity contribution in [1.29, 1.82) is 5.26 Å². The molecule has 1 aromatic rings. The number of benzene rings is 1. The van der Waals surface area contributed by atoms with Gasteiger partial charge >= 0.3 is 0 Å². The number of para-hydroxylation sites is 1. The van der Waals surface area contributed by atoms with E-state index in [4.69, 9.17) is 17.5 Å². The molecule has 2 nitrogen and oxygen atoms in total. The van der Waals surface area contributed by atoms with Crippen molar-refractivity contribution in [3.05, 3.63) is 30.3 Å². The molecule has 0 N–H and O–H groups in total. The Kier molecular flexibility index (Phi) is 2.78. The third-order valence-electron chi connectivity index (χ3n) is 1.43. The van der Waals surface area contributed by atoms with Crippen LogP contribution in [0.15, 0.2) is 30.3 Å². The van der Waals surface area contributed by atoms with Gasteiger partial charge in [0.15, 0.2) is 6.19 Å². The van der Waals surface area contributed by atoms with Crippen LogP contribution in [-0.2, 0) is 0 Å². The summed E-state index contributed by atoms with van der Waals surface area (Å²) in [6.07, 6.45) is 2.01. The maximum Gasteiger partial charge on any atom is 0.189 e. The smallest absolute Gasteiger partial charge is 0.189 e. The molecule has 0 saturated carbocycles. The van der Waals surface area contributed by atoms with Crippen LogP contribution in [0.1, 0.15) is 6.92 Å². The minimum Gasteiger partial charge on any atom is -0.242 e. The van der Waals surface area contributed by atoms with E-state index in [1.54, 1.807) is 6.92 Å². The van der Waals surface area contributed by atoms with E-state index < -0.39 is 0 Å². The number of hydrogen-bond acceptors (Lipinski definition) is 2. The van der Waals surface area contributed by atoms with Gasteiger partial charge in [-0.25, -0.2) is 4.90 Å². The highest BCUT2D eigenvalue weighted by Gasteiger charge is 2.04. The van der Waals surface area contributed by atoms with Crippen molar-refractivity contribution >= 4 is 22.9 Å². The Morgan fingerprint density at radius 2 is 2.00 bits per heavy atom. The lowest BCUT2D eigenvalue weighted by Gasteiger charge is -2.12. The van der Waals surface area contributed by atoms with E-state index in [1.165, 1.54) is 4.90 Å². The molecule has 1 rings (SSSR count). The fourth-order valence-electron chi connectivity index (χ4n) is 0.887. The number of anilines is 1. The zero-order valence-corrected chi connectivity index (χ0v) is 7.51. The molecule has 0 fully saturated rings. The predicted molar refractivity (Wildman–Crippen MR) is 52.8 cm³/mol. The van der Waals surface area contributed by atoms with Crippen LogP contribution >= 0.6 is 12.2 Å². The molecule has 0 bridgehead atoms. The van der Waals surface area contributed by atoms with Crippen LogP contribution in [0.4, 0.5) is 5.69 Å². The van der Waals surface area contributed by atoms with E-state index in [-0.39, 0.29) is 0 Å². The lowest BCUT2D eigenvalue weighted by Crippen LogP contribution is -2.20. The fraction of sp³-hybridized carbons (Fsp3) is 0.111. The first-order chi connectivity index (χ1) is 5.75. The standard InChI is InChI=1S/C9H8N2S/c1-8(12)11(7-10)9-5-3-2-4-6-9/h2-6H,1H3. The first-order valence-corrected chi connectivity index (χ1v) is 3.92. The third kappa shape index (κ3) is 1.80. The van der Waals surface area contributed by atoms with Gasteiger partial charge in [0.25, 0.3) is 0 Å². The highest BCUT2D eigenvalue weighted by molar-refractivity contribution is 7.80. The van der Waals surface area contributed by atoms with Crippen molar-refractivity contribution in [2.24, 2.45) is 0 Å². The first-order valence-electron chi connectivity index (χ1n) is 3.51. The van der Waals surface area contributed by atoms with Crippen LogP contribution < -0.4 is 4.90 Å². The summed E-state index contributed by atoms with van der Waals surface area (Å²) in [6.45, 7) is 1.73. The van der Waals surface area contributed by atoms with Crippen LogP contribution in [0.2, 0.25) is 0 Å². The van der Waals surface area contributed by atoms with Gasteiger partial charge in [0, 0.05) is 0 Å². The first kappa shape index (κ1) is 8.69. The van der Waals surface area contributed by atoms with Crippen molar-refractivity contribution in [2.45, 2.75) is 6.92 Å². The lowest BCUT2D eigenvalue weighted by atomic mass is 10.3. The molecule has 0 aliphatic carbocycles. The predicted octanol–water partition coefficient (Wildman–Crippen LogP) is 2.32. The Morgan fingerprint density at radius 1 is 1.42 bits per heavy atom. The van der Waals surface area contributed by atoms with Gasteiger partial charge in [0.2, 0.25) is 0 Å². The summed E-state index contributed by atoms with van der Waals surface area (Å²) in [6, 6.07) is 9.34. The summed E-state index contributed by atoms with van der Waals surface area (Å²) in [4.78, 5) is 1.97. The molecule has 0 aromatic heterocycles. The van der Waals surface area contributed by atoms with Crippen molar-refractivity contribution in [3.63, 3.8) is 0 Å². The van der Waals surface area contributed by atoms with Crippen molar-refractivity contribution < 1.29 is 0 Å². The molecular weight excluding hydrogens is 168 g/mol. The summed E-state index contributed by atoms with van der Waals surface area (Å²) in [5, 5.41) is 8.74. The second-order valence-corrected chi connectivity index (χ2v) is 2.88. The number of thiocarbonyl (C=S) groups is 1. The molecule has 1 aromatic carbocycles. The van der Waals surface area contributed by atoms with Gasteiger partial charge in [-0.15, -0.1) is 0 Å². The van der Waals surface area contributed by atoms with Gasteiger partial charge in [-0.2, -0.15) is 5.26 Å². The van der Waals surface area contributed by atoms with E-state index in [0.717, 1.165) is 5.69 Å². The molecule has 3 heteroatoms. The molecule has 0 aliphatic rings. The van der Waals surface area contributed by atoms with Gasteiger partial charge in [0.1, 0.15) is 0 Å². The van der Waals surface area contributed by atoms with Crippen LogP contribution in [-0.4, -0.2) is 4.99 Å². The summed E-state index contributed by atoms with van der Waals surface area (Å²) in [5.74, 6) is 0. The Labute approximate surface area is 77.0 Å². The molecule has 0 radical (unpaired) electrons. The summed E-state index contributed by atoms with van der Waals surface area (Å²) in [5.41, 5.74) is 0.813. The minimum absolute atomic E-state index is 0.559. The van der Waals surface area contributed by atoms with Crippen molar-refractivity contribution in [3.8, 4) is 6.19 Å². The van der Waals surface area contributed by atoms with Gasteiger partial charge in [0.05, 0.1) is 10.7 Å². The molecule has 0 heterocycles. The van der Waals surface area contributed by atoms with Gasteiger partial charge in [-0.05, 0) is 19.1 Å². The zero-order valence-electron chi connectivity index (χ0n) is 6.69. The molecule has 0 unspecified atom stereocenters. The number of nitrogens with zero attached hydrogens (tertiary/aromatic N) is 2. The Bertz CT molecular complexity index is 313. The highest BCUT2D eigenvalue weighted by Crippen LogP contribution is 2.12. The molecule has 0 amide bonds. The maximum atomic E-state index is 8.74. The number of nitriles is 1. The zero-order chi connectivity index (χ0) is 8.97. The molecular formula is C9H8N2S. The topological polar surface area (TPSA) is 27.0 Å². The summed E-state index contributed by atoms with van der Waals surface area (Å²) >= 11 is 4.90. The van der Waals surface area contributed by atoms with E-state index in [2.05, 4.69) is 0 Å². The van der Waals surface area contributed by atoms with Crippen LogP contribution in [0.25, 0.3) is 0 Å². The lowest BCUT2D eigenvalue weighted by molar-refractivity contribution is 1.33. The highest BCUT2D eigenvalue weighted by atomic mass is 32.1. The fourth-order valence-corrected chi connectivity index (χ4v) is 1.03. The van der Waals surface area contributed by atoms with E-state index in [0.29, 0.717) is 4.99 Å². The Balaban J connectivity index is 2.98. The largest absolute Gasteiger partial charge is 0.242 e. The molecule has 0 aliphatic heterocycles. The van der Waals surface area contributed by atoms with Gasteiger partial charge < -0.3 is 0 Å². The van der Waals surface area contributed by atoms with Crippen molar-refractivity contribution in [2.75, 3.05) is 4.90 Å². The summed E-state index contributed by atoms with van der Waals surface area (Å²) in [7, 11) is 0. The molecule has 0 spiro atoms. The molecule has 60 valence electrons. The Hall–Kier alpha value is -1.40. The van der Waals surface area contributed by atoms with Crippen LogP contribution in [0.5, 0.6) is 0 Å². The average molecular weight is 176 g/mol. The second-order valence-electron chi connectivity index (χ2n) is 2.29. The summed E-state index contributed by atoms with van der Waals surface area (Å²) < 4.78 is 0. The molecule has 0 saturated heterocycles. The molecule has 0 atom stereocenters. The van der Waals surface area contributed by atoms with Crippen molar-refractivity contribution in [1.82, 2.24) is 0 Å². The third-order valence-corrected chi connectivity index (χ3v) is 1.61. The number of rotatable bonds is 1. The SMILES string of the molecule is CC(=S)N(C#N)c1ccccc1. The minimum atomic E-state index is 0.559. The number of hydrogen-bond donors (Lipinski definition) is 0. The maximum absolute atomic E-state index is 8.74. The monoisotopic (exact) mass is 176 g/mol. The Morgan fingerprint density at radius 3 is 2.42 bits per heavy atom. The average Bonchev–Trinajstić information content (AvgIpc) is 2.07. The molecule has 12 heavy (non-hydrogen) atoms. The second kappa shape index (κ2) is 3.84.